The van der Waals surface area contributed by atoms with E-state index in [1.54, 1.807) is 17.5 Å². The third-order valence-electron chi connectivity index (χ3n) is 3.88. The van der Waals surface area contributed by atoms with Crippen LogP contribution in [0.25, 0.3) is 21.8 Å². The Hall–Kier alpha value is -2.99. The van der Waals surface area contributed by atoms with E-state index >= 15 is 0 Å². The monoisotopic (exact) mass is 347 g/mol. The second-order valence-corrected chi connectivity index (χ2v) is 6.60. The summed E-state index contributed by atoms with van der Waals surface area (Å²) < 4.78 is 0. The van der Waals surface area contributed by atoms with Gasteiger partial charge in [-0.05, 0) is 31.2 Å². The molecule has 0 aliphatic rings. The first-order chi connectivity index (χ1) is 12.3. The number of pyridine rings is 1. The first kappa shape index (κ1) is 15.5. The first-order valence-corrected chi connectivity index (χ1v) is 8.86. The lowest BCUT2D eigenvalue weighted by Gasteiger charge is -2.08. The number of anilines is 1. The van der Waals surface area contributed by atoms with Crippen LogP contribution in [0.3, 0.4) is 0 Å². The fourth-order valence-corrected chi connectivity index (χ4v) is 3.45. The van der Waals surface area contributed by atoms with E-state index < -0.39 is 0 Å². The number of nitrogens with zero attached hydrogens (tertiary/aromatic N) is 3. The van der Waals surface area contributed by atoms with Gasteiger partial charge in [0, 0.05) is 52.4 Å². The molecule has 4 rings (SSSR count). The lowest BCUT2D eigenvalue weighted by Crippen LogP contribution is -2.00. The molecule has 0 saturated heterocycles. The molecule has 5 nitrogen and oxygen atoms in total. The van der Waals surface area contributed by atoms with Crippen molar-refractivity contribution in [3.8, 4) is 21.8 Å². The van der Waals surface area contributed by atoms with Crippen LogP contribution in [0.4, 0.5) is 5.69 Å². The van der Waals surface area contributed by atoms with Gasteiger partial charge in [0.15, 0.2) is 0 Å². The van der Waals surface area contributed by atoms with Crippen molar-refractivity contribution in [3.05, 3.63) is 71.6 Å². The molecule has 0 amide bonds. The minimum absolute atomic E-state index is 0.682. The molecule has 2 N–H and O–H groups in total. The van der Waals surface area contributed by atoms with Gasteiger partial charge < -0.3 is 5.32 Å². The van der Waals surface area contributed by atoms with Crippen molar-refractivity contribution >= 4 is 17.0 Å². The van der Waals surface area contributed by atoms with Gasteiger partial charge in [-0.15, -0.1) is 11.3 Å². The van der Waals surface area contributed by atoms with Crippen molar-refractivity contribution in [2.45, 2.75) is 13.5 Å². The van der Waals surface area contributed by atoms with Gasteiger partial charge in [-0.3, -0.25) is 10.1 Å². The molecule has 0 aliphatic carbocycles. The van der Waals surface area contributed by atoms with Crippen LogP contribution < -0.4 is 5.32 Å². The zero-order chi connectivity index (χ0) is 17.1. The Kier molecular flexibility index (Phi) is 4.26. The zero-order valence-electron chi connectivity index (χ0n) is 13.7. The van der Waals surface area contributed by atoms with Crippen molar-refractivity contribution in [1.82, 2.24) is 20.2 Å². The van der Waals surface area contributed by atoms with Gasteiger partial charge in [0.1, 0.15) is 5.01 Å². The molecule has 25 heavy (non-hydrogen) atoms. The number of aromatic amines is 1. The summed E-state index contributed by atoms with van der Waals surface area (Å²) in [6.07, 6.45) is 5.45. The Morgan fingerprint density at radius 2 is 2.04 bits per heavy atom. The average molecular weight is 347 g/mol. The van der Waals surface area contributed by atoms with E-state index in [1.165, 1.54) is 0 Å². The summed E-state index contributed by atoms with van der Waals surface area (Å²) in [5.74, 6) is 0. The minimum Gasteiger partial charge on any atom is -0.381 e. The van der Waals surface area contributed by atoms with Gasteiger partial charge in [-0.2, -0.15) is 5.10 Å². The highest BCUT2D eigenvalue weighted by molar-refractivity contribution is 7.13. The summed E-state index contributed by atoms with van der Waals surface area (Å²) in [5, 5.41) is 13.8. The number of hydrogen-bond acceptors (Lipinski definition) is 5. The molecule has 0 radical (unpaired) electrons. The van der Waals surface area contributed by atoms with Crippen LogP contribution in [0, 0.1) is 6.92 Å². The Morgan fingerprint density at radius 1 is 1.12 bits per heavy atom. The number of rotatable bonds is 5. The number of aromatic nitrogens is 4. The van der Waals surface area contributed by atoms with E-state index in [9.17, 15) is 0 Å². The van der Waals surface area contributed by atoms with E-state index in [0.29, 0.717) is 6.54 Å². The number of benzene rings is 1. The van der Waals surface area contributed by atoms with Gasteiger partial charge in [-0.25, -0.2) is 4.98 Å². The molecular formula is C19H17N5S. The Bertz CT molecular complexity index is 974. The summed E-state index contributed by atoms with van der Waals surface area (Å²) in [6, 6.07) is 12.3. The maximum Gasteiger partial charge on any atom is 0.123 e. The van der Waals surface area contributed by atoms with Crippen molar-refractivity contribution < 1.29 is 0 Å². The highest BCUT2D eigenvalue weighted by Gasteiger charge is 2.08. The van der Waals surface area contributed by atoms with Crippen LogP contribution in [-0.2, 0) is 6.54 Å². The molecule has 0 aliphatic heterocycles. The standard InChI is InChI=1S/C19H17N5S/c1-13-12-25-19(23-13)14-4-2-6-17(8-14)21-10-16-11-22-24-18(16)15-5-3-7-20-9-15/h2-9,11-12,21H,10H2,1H3,(H,22,24). The van der Waals surface area contributed by atoms with Crippen LogP contribution >= 0.6 is 11.3 Å². The van der Waals surface area contributed by atoms with E-state index in [0.717, 1.165) is 38.8 Å². The van der Waals surface area contributed by atoms with Crippen molar-refractivity contribution in [1.29, 1.82) is 0 Å². The quantitative estimate of drug-likeness (QED) is 0.557. The summed E-state index contributed by atoms with van der Waals surface area (Å²) in [6.45, 7) is 2.70. The largest absolute Gasteiger partial charge is 0.381 e. The van der Waals surface area contributed by atoms with Gasteiger partial charge in [0.2, 0.25) is 0 Å². The number of nitrogens with one attached hydrogen (secondary N) is 2. The van der Waals surface area contributed by atoms with Crippen LogP contribution in [0.15, 0.2) is 60.4 Å². The third-order valence-corrected chi connectivity index (χ3v) is 4.89. The highest BCUT2D eigenvalue weighted by Crippen LogP contribution is 2.26. The molecule has 3 aromatic heterocycles. The van der Waals surface area contributed by atoms with Gasteiger partial charge in [0.05, 0.1) is 11.9 Å². The number of thiazole rings is 1. The Morgan fingerprint density at radius 3 is 2.84 bits per heavy atom. The van der Waals surface area contributed by atoms with Crippen LogP contribution in [0.1, 0.15) is 11.3 Å². The maximum absolute atomic E-state index is 4.55. The lowest BCUT2D eigenvalue weighted by molar-refractivity contribution is 1.09. The average Bonchev–Trinajstić information content (AvgIpc) is 3.30. The topological polar surface area (TPSA) is 66.5 Å². The van der Waals surface area contributed by atoms with Gasteiger partial charge >= 0.3 is 0 Å². The van der Waals surface area contributed by atoms with Crippen molar-refractivity contribution in [2.75, 3.05) is 5.32 Å². The Labute approximate surface area is 149 Å². The lowest BCUT2D eigenvalue weighted by atomic mass is 10.1. The van der Waals surface area contributed by atoms with Gasteiger partial charge in [0.25, 0.3) is 0 Å². The fraction of sp³-hybridized carbons (Fsp3) is 0.105. The second-order valence-electron chi connectivity index (χ2n) is 5.74. The zero-order valence-corrected chi connectivity index (χ0v) is 14.5. The van der Waals surface area contributed by atoms with Crippen LogP contribution in [0.5, 0.6) is 0 Å². The highest BCUT2D eigenvalue weighted by atomic mass is 32.1. The molecule has 124 valence electrons. The maximum atomic E-state index is 4.55. The SMILES string of the molecule is Cc1csc(-c2cccc(NCc3cn[nH]c3-c3cccnc3)c2)n1. The predicted octanol–water partition coefficient (Wildman–Crippen LogP) is 4.52. The molecule has 0 bridgehead atoms. The van der Waals surface area contributed by atoms with E-state index in [-0.39, 0.29) is 0 Å². The summed E-state index contributed by atoms with van der Waals surface area (Å²) in [7, 11) is 0. The third kappa shape index (κ3) is 3.44. The number of H-pyrrole nitrogens is 1. The molecule has 4 aromatic rings. The molecular weight excluding hydrogens is 330 g/mol. The smallest absolute Gasteiger partial charge is 0.123 e. The molecule has 0 fully saturated rings. The molecule has 0 unspecified atom stereocenters. The fourth-order valence-electron chi connectivity index (χ4n) is 2.65. The van der Waals surface area contributed by atoms with Crippen molar-refractivity contribution in [3.63, 3.8) is 0 Å². The Balaban J connectivity index is 1.52. The van der Waals surface area contributed by atoms with Crippen LogP contribution in [0.2, 0.25) is 0 Å². The van der Waals surface area contributed by atoms with Gasteiger partial charge in [-0.1, -0.05) is 12.1 Å². The number of hydrogen-bond donors (Lipinski definition) is 2. The molecule has 3 heterocycles. The van der Waals surface area contributed by atoms with E-state index in [4.69, 9.17) is 0 Å². The van der Waals surface area contributed by atoms with Crippen LogP contribution in [-0.4, -0.2) is 20.2 Å². The van der Waals surface area contributed by atoms with Crippen molar-refractivity contribution in [2.24, 2.45) is 0 Å². The second kappa shape index (κ2) is 6.86. The molecule has 0 atom stereocenters. The molecule has 1 aromatic carbocycles. The predicted molar refractivity (Wildman–Crippen MR) is 101 cm³/mol. The minimum atomic E-state index is 0.682. The van der Waals surface area contributed by atoms with E-state index in [2.05, 4.69) is 49.1 Å². The first-order valence-electron chi connectivity index (χ1n) is 7.99. The summed E-state index contributed by atoms with van der Waals surface area (Å²) in [5.41, 5.74) is 6.36. The molecule has 0 saturated carbocycles. The number of aryl methyl sites for hydroxylation is 1. The van der Waals surface area contributed by atoms with E-state index in [1.807, 2.05) is 37.5 Å². The molecule has 6 heteroatoms. The summed E-state index contributed by atoms with van der Waals surface area (Å²) in [4.78, 5) is 8.73. The summed E-state index contributed by atoms with van der Waals surface area (Å²) >= 11 is 1.67. The molecule has 0 spiro atoms. The normalized spacial score (nSPS) is 10.8.